The Morgan fingerprint density at radius 3 is 2.56 bits per heavy atom. The molecule has 5 heteroatoms. The van der Waals surface area contributed by atoms with Gasteiger partial charge >= 0.3 is 0 Å². The van der Waals surface area contributed by atoms with Gasteiger partial charge in [0.2, 0.25) is 0 Å². The highest BCUT2D eigenvalue weighted by molar-refractivity contribution is 9.10. The van der Waals surface area contributed by atoms with Gasteiger partial charge in [0.25, 0.3) is 0 Å². The summed E-state index contributed by atoms with van der Waals surface area (Å²) in [5, 5.41) is 5.68. The van der Waals surface area contributed by atoms with Crippen molar-refractivity contribution in [2.45, 2.75) is 11.8 Å². The molecule has 0 spiro atoms. The second-order valence-electron chi connectivity index (χ2n) is 3.37. The molecule has 0 aliphatic rings. The molecule has 0 bridgehead atoms. The van der Waals surface area contributed by atoms with Crippen LogP contribution >= 0.6 is 39.2 Å². The molecule has 2 nitrogen and oxygen atoms in total. The van der Waals surface area contributed by atoms with Gasteiger partial charge in [0.05, 0.1) is 10.6 Å². The zero-order valence-electron chi connectivity index (χ0n) is 8.66. The van der Waals surface area contributed by atoms with Gasteiger partial charge in [0.15, 0.2) is 0 Å². The van der Waals surface area contributed by atoms with Gasteiger partial charge in [-0.1, -0.05) is 6.07 Å². The molecular weight excluding hydrogens is 304 g/mol. The molecule has 16 heavy (non-hydrogen) atoms. The lowest BCUT2D eigenvalue weighted by Crippen LogP contribution is -1.94. The number of hydrogen-bond acceptors (Lipinski definition) is 4. The van der Waals surface area contributed by atoms with Crippen molar-refractivity contribution in [2.24, 2.45) is 5.14 Å². The molecule has 84 valence electrons. The first-order valence-corrected chi connectivity index (χ1v) is 7.14. The maximum absolute atomic E-state index is 5.99. The third-order valence-electron chi connectivity index (χ3n) is 2.27. The molecule has 0 saturated carbocycles. The van der Waals surface area contributed by atoms with Crippen LogP contribution in [0, 0.1) is 6.92 Å². The van der Waals surface area contributed by atoms with Gasteiger partial charge in [-0.05, 0) is 53.0 Å². The van der Waals surface area contributed by atoms with Gasteiger partial charge in [-0.15, -0.1) is 11.3 Å². The average molecular weight is 315 g/mol. The van der Waals surface area contributed by atoms with Gasteiger partial charge in [-0.2, -0.15) is 0 Å². The van der Waals surface area contributed by atoms with Gasteiger partial charge in [-0.3, -0.25) is 5.14 Å². The number of nitrogens with two attached hydrogens (primary N) is 2. The summed E-state index contributed by atoms with van der Waals surface area (Å²) >= 11 is 6.35. The molecule has 4 N–H and O–H groups in total. The number of aryl methyl sites for hydroxylation is 1. The van der Waals surface area contributed by atoms with E-state index in [-0.39, 0.29) is 0 Å². The Bertz CT molecular complexity index is 523. The van der Waals surface area contributed by atoms with Crippen LogP contribution in [-0.2, 0) is 0 Å². The van der Waals surface area contributed by atoms with E-state index in [2.05, 4.69) is 35.0 Å². The second kappa shape index (κ2) is 4.79. The van der Waals surface area contributed by atoms with Crippen LogP contribution in [0.4, 0.5) is 5.69 Å². The van der Waals surface area contributed by atoms with Crippen LogP contribution in [0.2, 0.25) is 0 Å². The SMILES string of the molecule is Cc1ccc(-c2ccc(Br)c(N)c2SN)s1. The van der Waals surface area contributed by atoms with E-state index in [0.29, 0.717) is 5.69 Å². The second-order valence-corrected chi connectivity index (χ2v) is 6.15. The fraction of sp³-hybridized carbons (Fsp3) is 0.0909. The largest absolute Gasteiger partial charge is 0.397 e. The summed E-state index contributed by atoms with van der Waals surface area (Å²) in [6.45, 7) is 2.09. The minimum Gasteiger partial charge on any atom is -0.397 e. The first-order valence-electron chi connectivity index (χ1n) is 4.65. The number of benzene rings is 1. The molecule has 0 amide bonds. The van der Waals surface area contributed by atoms with Gasteiger partial charge in [0.1, 0.15) is 0 Å². The minimum absolute atomic E-state index is 0.705. The molecule has 1 heterocycles. The first kappa shape index (κ1) is 12.0. The molecule has 0 aliphatic carbocycles. The third kappa shape index (κ3) is 2.13. The van der Waals surface area contributed by atoms with Crippen LogP contribution in [0.3, 0.4) is 0 Å². The van der Waals surface area contributed by atoms with Crippen molar-refractivity contribution in [1.29, 1.82) is 0 Å². The molecular formula is C11H11BrN2S2. The molecule has 1 aromatic carbocycles. The van der Waals surface area contributed by atoms with Crippen molar-refractivity contribution >= 4 is 44.9 Å². The molecule has 0 atom stereocenters. The van der Waals surface area contributed by atoms with Crippen molar-refractivity contribution < 1.29 is 0 Å². The molecule has 1 aromatic heterocycles. The predicted octanol–water partition coefficient (Wildman–Crippen LogP) is 4.03. The summed E-state index contributed by atoms with van der Waals surface area (Å²) in [6.07, 6.45) is 0. The summed E-state index contributed by atoms with van der Waals surface area (Å²) in [5.41, 5.74) is 7.80. The monoisotopic (exact) mass is 314 g/mol. The zero-order valence-corrected chi connectivity index (χ0v) is 11.9. The molecule has 0 radical (unpaired) electrons. The lowest BCUT2D eigenvalue weighted by atomic mass is 10.1. The van der Waals surface area contributed by atoms with Crippen LogP contribution in [0.1, 0.15) is 4.88 Å². The van der Waals surface area contributed by atoms with E-state index in [0.717, 1.165) is 14.9 Å². The Morgan fingerprint density at radius 2 is 2.00 bits per heavy atom. The predicted molar refractivity (Wildman–Crippen MR) is 76.6 cm³/mol. The maximum atomic E-state index is 5.99. The normalized spacial score (nSPS) is 10.7. The van der Waals surface area contributed by atoms with Crippen LogP contribution < -0.4 is 10.9 Å². The van der Waals surface area contributed by atoms with Crippen LogP contribution in [0.25, 0.3) is 10.4 Å². The number of rotatable bonds is 2. The number of anilines is 1. The topological polar surface area (TPSA) is 52.0 Å². The fourth-order valence-electron chi connectivity index (χ4n) is 1.48. The quantitative estimate of drug-likeness (QED) is 0.650. The van der Waals surface area contributed by atoms with Crippen LogP contribution in [-0.4, -0.2) is 0 Å². The van der Waals surface area contributed by atoms with E-state index >= 15 is 0 Å². The molecule has 2 aromatic rings. The Kier molecular flexibility index (Phi) is 3.59. The van der Waals surface area contributed by atoms with Crippen molar-refractivity contribution in [2.75, 3.05) is 5.73 Å². The Hall–Kier alpha value is -0.490. The molecule has 2 rings (SSSR count). The standard InChI is InChI=1S/C11H11BrN2S2/c1-6-2-5-9(15-6)7-3-4-8(12)10(13)11(7)16-14/h2-5H,13-14H2,1H3. The number of hydrogen-bond donors (Lipinski definition) is 2. The first-order chi connectivity index (χ1) is 7.63. The Labute approximate surface area is 111 Å². The number of nitrogen functional groups attached to an aromatic ring is 1. The molecule has 0 saturated heterocycles. The number of thiophene rings is 1. The fourth-order valence-corrected chi connectivity index (χ4v) is 3.44. The van der Waals surface area contributed by atoms with Crippen molar-refractivity contribution in [1.82, 2.24) is 0 Å². The van der Waals surface area contributed by atoms with E-state index in [4.69, 9.17) is 10.9 Å². The van der Waals surface area contributed by atoms with Crippen LogP contribution in [0.15, 0.2) is 33.6 Å². The van der Waals surface area contributed by atoms with Crippen molar-refractivity contribution in [3.8, 4) is 10.4 Å². The summed E-state index contributed by atoms with van der Waals surface area (Å²) in [6, 6.07) is 8.20. The minimum atomic E-state index is 0.705. The number of halogens is 1. The lowest BCUT2D eigenvalue weighted by Gasteiger charge is -2.09. The highest BCUT2D eigenvalue weighted by atomic mass is 79.9. The van der Waals surface area contributed by atoms with E-state index < -0.39 is 0 Å². The van der Waals surface area contributed by atoms with Crippen molar-refractivity contribution in [3.63, 3.8) is 0 Å². The smallest absolute Gasteiger partial charge is 0.0616 e. The maximum Gasteiger partial charge on any atom is 0.0616 e. The highest BCUT2D eigenvalue weighted by Crippen LogP contribution is 2.40. The van der Waals surface area contributed by atoms with E-state index in [1.165, 1.54) is 21.7 Å². The van der Waals surface area contributed by atoms with Gasteiger partial charge in [0, 0.05) is 19.8 Å². The van der Waals surface area contributed by atoms with E-state index in [1.807, 2.05) is 12.1 Å². The summed E-state index contributed by atoms with van der Waals surface area (Å²) in [7, 11) is 0. The summed E-state index contributed by atoms with van der Waals surface area (Å²) in [5.74, 6) is 0. The van der Waals surface area contributed by atoms with Gasteiger partial charge < -0.3 is 5.73 Å². The van der Waals surface area contributed by atoms with E-state index in [1.54, 1.807) is 11.3 Å². The Morgan fingerprint density at radius 1 is 1.25 bits per heavy atom. The molecule has 0 fully saturated rings. The zero-order chi connectivity index (χ0) is 11.7. The van der Waals surface area contributed by atoms with Crippen LogP contribution in [0.5, 0.6) is 0 Å². The highest BCUT2D eigenvalue weighted by Gasteiger charge is 2.12. The summed E-state index contributed by atoms with van der Waals surface area (Å²) in [4.78, 5) is 3.41. The average Bonchev–Trinajstić information content (AvgIpc) is 2.68. The van der Waals surface area contributed by atoms with E-state index in [9.17, 15) is 0 Å². The van der Waals surface area contributed by atoms with Crippen molar-refractivity contribution in [3.05, 3.63) is 33.6 Å². The lowest BCUT2D eigenvalue weighted by molar-refractivity contribution is 1.44. The summed E-state index contributed by atoms with van der Waals surface area (Å²) < 4.78 is 0.887. The Balaban J connectivity index is 2.61. The molecule has 0 aliphatic heterocycles. The molecule has 0 unspecified atom stereocenters. The third-order valence-corrected chi connectivity index (χ3v) is 4.67. The van der Waals surface area contributed by atoms with Gasteiger partial charge in [-0.25, -0.2) is 0 Å².